The van der Waals surface area contributed by atoms with Crippen LogP contribution >= 0.6 is 0 Å². The number of allylic oxidation sites excluding steroid dienone is 1. The van der Waals surface area contributed by atoms with E-state index in [9.17, 15) is 9.59 Å². The number of amides is 2. The average Bonchev–Trinajstić information content (AvgIpc) is 2.83. The van der Waals surface area contributed by atoms with E-state index in [-0.39, 0.29) is 23.7 Å². The molecule has 0 spiro atoms. The number of ether oxygens (including phenoxy) is 1. The van der Waals surface area contributed by atoms with E-state index in [1.165, 1.54) is 5.57 Å². The highest BCUT2D eigenvalue weighted by atomic mass is 16.5. The lowest BCUT2D eigenvalue weighted by atomic mass is 9.69. The van der Waals surface area contributed by atoms with Crippen LogP contribution in [0.25, 0.3) is 0 Å². The number of benzene rings is 1. The van der Waals surface area contributed by atoms with Crippen LogP contribution in [-0.4, -0.2) is 30.5 Å². The molecule has 33 heavy (non-hydrogen) atoms. The van der Waals surface area contributed by atoms with Crippen LogP contribution in [0.4, 0.5) is 0 Å². The van der Waals surface area contributed by atoms with Crippen LogP contribution < -0.4 is 15.4 Å². The van der Waals surface area contributed by atoms with Crippen LogP contribution in [0.15, 0.2) is 60.3 Å². The molecule has 3 rings (SSSR count). The number of hydrogen-bond donors (Lipinski definition) is 2. The predicted molar refractivity (Wildman–Crippen MR) is 130 cm³/mol. The van der Waals surface area contributed by atoms with Gasteiger partial charge in [-0.1, -0.05) is 43.7 Å². The van der Waals surface area contributed by atoms with Gasteiger partial charge < -0.3 is 15.4 Å². The van der Waals surface area contributed by atoms with Gasteiger partial charge in [0.15, 0.2) is 0 Å². The van der Waals surface area contributed by atoms with Gasteiger partial charge in [0.1, 0.15) is 5.75 Å². The largest absolute Gasteiger partial charge is 0.496 e. The van der Waals surface area contributed by atoms with Gasteiger partial charge in [-0.3, -0.25) is 14.6 Å². The zero-order valence-electron chi connectivity index (χ0n) is 20.0. The number of hydrogen-bond acceptors (Lipinski definition) is 4. The van der Waals surface area contributed by atoms with Gasteiger partial charge in [0.2, 0.25) is 5.91 Å². The lowest BCUT2D eigenvalue weighted by Gasteiger charge is -2.37. The molecule has 0 saturated carbocycles. The van der Waals surface area contributed by atoms with Gasteiger partial charge in [0, 0.05) is 19.2 Å². The van der Waals surface area contributed by atoms with Crippen molar-refractivity contribution in [2.75, 3.05) is 13.7 Å². The van der Waals surface area contributed by atoms with E-state index < -0.39 is 0 Å². The Kier molecular flexibility index (Phi) is 8.64. The van der Waals surface area contributed by atoms with Crippen molar-refractivity contribution in [3.63, 3.8) is 0 Å². The van der Waals surface area contributed by atoms with Gasteiger partial charge in [-0.15, -0.1) is 0 Å². The minimum atomic E-state index is -0.128. The fraction of sp³-hybridized carbons (Fsp3) is 0.444. The third kappa shape index (κ3) is 6.67. The molecule has 0 fully saturated rings. The normalized spacial score (nSPS) is 20.2. The summed E-state index contributed by atoms with van der Waals surface area (Å²) in [5, 5.41) is 6.09. The maximum Gasteiger partial charge on any atom is 0.255 e. The van der Waals surface area contributed by atoms with Crippen molar-refractivity contribution < 1.29 is 14.3 Å². The topological polar surface area (TPSA) is 80.3 Å². The molecule has 3 atom stereocenters. The number of para-hydroxylation sites is 1. The van der Waals surface area contributed by atoms with Crippen molar-refractivity contribution in [2.45, 2.75) is 40.2 Å². The van der Waals surface area contributed by atoms with E-state index in [0.717, 1.165) is 12.1 Å². The van der Waals surface area contributed by atoms with Crippen molar-refractivity contribution >= 4 is 11.8 Å². The Balaban J connectivity index is 1.60. The first-order chi connectivity index (χ1) is 15.9. The highest BCUT2D eigenvalue weighted by molar-refractivity contribution is 5.96. The number of carbonyl (C=O) groups excluding carboxylic acids is 2. The molecule has 0 saturated heterocycles. The van der Waals surface area contributed by atoms with E-state index in [1.807, 2.05) is 30.3 Å². The summed E-state index contributed by atoms with van der Waals surface area (Å²) in [4.78, 5) is 29.6. The van der Waals surface area contributed by atoms with Crippen molar-refractivity contribution in [3.05, 3.63) is 71.6 Å². The molecule has 0 radical (unpaired) electrons. The standard InChI is InChI=1S/C27H35N3O3/c1-18(2)24-14-20(15-26(31)29-17-22-9-7-8-12-28-22)19(3)13-21(24)16-30-27(32)23-10-5-6-11-25(23)33-4/h5-13,18,20-21,24H,14-17H2,1-4H3,(H,29,31)(H,30,32). The van der Waals surface area contributed by atoms with Crippen LogP contribution in [0.2, 0.25) is 0 Å². The second-order valence-electron chi connectivity index (χ2n) is 9.13. The van der Waals surface area contributed by atoms with Gasteiger partial charge >= 0.3 is 0 Å². The molecular formula is C27H35N3O3. The monoisotopic (exact) mass is 449 g/mol. The molecule has 6 nitrogen and oxygen atoms in total. The minimum Gasteiger partial charge on any atom is -0.496 e. The van der Waals surface area contributed by atoms with Gasteiger partial charge in [0.25, 0.3) is 5.91 Å². The van der Waals surface area contributed by atoms with Gasteiger partial charge in [-0.2, -0.15) is 0 Å². The first kappa shape index (κ1) is 24.5. The molecule has 1 aliphatic carbocycles. The predicted octanol–water partition coefficient (Wildman–Crippen LogP) is 4.38. The molecule has 2 amide bonds. The molecule has 1 aliphatic rings. The van der Waals surface area contributed by atoms with E-state index >= 15 is 0 Å². The minimum absolute atomic E-state index is 0.0452. The molecule has 2 N–H and O–H groups in total. The second kappa shape index (κ2) is 11.6. The fourth-order valence-corrected chi connectivity index (χ4v) is 4.63. The molecule has 1 heterocycles. The summed E-state index contributed by atoms with van der Waals surface area (Å²) >= 11 is 0. The maximum absolute atomic E-state index is 12.8. The van der Waals surface area contributed by atoms with E-state index in [2.05, 4.69) is 42.5 Å². The molecule has 0 aliphatic heterocycles. The number of rotatable bonds is 9. The SMILES string of the molecule is COc1ccccc1C(=O)NCC1C=C(C)C(CC(=O)NCc2ccccn2)CC1C(C)C. The van der Waals surface area contributed by atoms with Crippen LogP contribution in [0.5, 0.6) is 5.75 Å². The Morgan fingerprint density at radius 3 is 2.58 bits per heavy atom. The molecule has 1 aromatic heterocycles. The van der Waals surface area contributed by atoms with Gasteiger partial charge in [-0.25, -0.2) is 0 Å². The number of aromatic nitrogens is 1. The van der Waals surface area contributed by atoms with Crippen molar-refractivity contribution in [1.29, 1.82) is 0 Å². The fourth-order valence-electron chi connectivity index (χ4n) is 4.63. The second-order valence-corrected chi connectivity index (χ2v) is 9.13. The summed E-state index contributed by atoms with van der Waals surface area (Å²) < 4.78 is 5.32. The Bertz CT molecular complexity index is 972. The molecule has 1 aromatic carbocycles. The molecule has 6 heteroatoms. The zero-order valence-corrected chi connectivity index (χ0v) is 20.0. The van der Waals surface area contributed by atoms with E-state index in [0.29, 0.717) is 42.7 Å². The summed E-state index contributed by atoms with van der Waals surface area (Å²) in [6, 6.07) is 12.9. The Labute approximate surface area is 196 Å². The first-order valence-electron chi connectivity index (χ1n) is 11.6. The lowest BCUT2D eigenvalue weighted by Crippen LogP contribution is -2.37. The summed E-state index contributed by atoms with van der Waals surface area (Å²) in [6.45, 7) is 7.54. The van der Waals surface area contributed by atoms with Crippen molar-refractivity contribution in [3.8, 4) is 5.75 Å². The number of nitrogens with one attached hydrogen (secondary N) is 2. The number of pyridine rings is 1. The molecular weight excluding hydrogens is 414 g/mol. The Morgan fingerprint density at radius 2 is 1.88 bits per heavy atom. The van der Waals surface area contributed by atoms with Gasteiger partial charge in [0.05, 0.1) is 24.9 Å². The highest BCUT2D eigenvalue weighted by Gasteiger charge is 2.32. The van der Waals surface area contributed by atoms with Crippen LogP contribution in [0.1, 0.15) is 49.7 Å². The molecule has 2 aromatic rings. The summed E-state index contributed by atoms with van der Waals surface area (Å²) in [5.74, 6) is 1.77. The molecule has 3 unspecified atom stereocenters. The van der Waals surface area contributed by atoms with Crippen molar-refractivity contribution in [2.24, 2.45) is 23.7 Å². The highest BCUT2D eigenvalue weighted by Crippen LogP contribution is 2.38. The first-order valence-corrected chi connectivity index (χ1v) is 11.6. The Hall–Kier alpha value is -3.15. The maximum atomic E-state index is 12.8. The lowest BCUT2D eigenvalue weighted by molar-refractivity contribution is -0.122. The number of methoxy groups -OCH3 is 1. The van der Waals surface area contributed by atoms with Crippen molar-refractivity contribution in [1.82, 2.24) is 15.6 Å². The van der Waals surface area contributed by atoms with Gasteiger partial charge in [-0.05, 0) is 61.3 Å². The Morgan fingerprint density at radius 1 is 1.12 bits per heavy atom. The van der Waals surface area contributed by atoms with Crippen LogP contribution in [0.3, 0.4) is 0 Å². The summed E-state index contributed by atoms with van der Waals surface area (Å²) in [7, 11) is 1.57. The molecule has 176 valence electrons. The number of carbonyl (C=O) groups is 2. The average molecular weight is 450 g/mol. The zero-order chi connectivity index (χ0) is 23.8. The number of nitrogens with zero attached hydrogens (tertiary/aromatic N) is 1. The third-order valence-electron chi connectivity index (χ3n) is 6.56. The van der Waals surface area contributed by atoms with Crippen LogP contribution in [0, 0.1) is 23.7 Å². The quantitative estimate of drug-likeness (QED) is 0.557. The van der Waals surface area contributed by atoms with Crippen LogP contribution in [-0.2, 0) is 11.3 Å². The smallest absolute Gasteiger partial charge is 0.255 e. The summed E-state index contributed by atoms with van der Waals surface area (Å²) in [5.41, 5.74) is 2.61. The van der Waals surface area contributed by atoms with E-state index in [4.69, 9.17) is 4.74 Å². The molecule has 0 bridgehead atoms. The van der Waals surface area contributed by atoms with E-state index in [1.54, 1.807) is 25.4 Å². The third-order valence-corrected chi connectivity index (χ3v) is 6.56. The summed E-state index contributed by atoms with van der Waals surface area (Å²) in [6.07, 6.45) is 5.40.